The van der Waals surface area contributed by atoms with E-state index in [0.29, 0.717) is 35.2 Å². The van der Waals surface area contributed by atoms with Crippen LogP contribution in [0.3, 0.4) is 0 Å². The summed E-state index contributed by atoms with van der Waals surface area (Å²) in [6.07, 6.45) is 3.70. The maximum atomic E-state index is 11.6. The smallest absolute Gasteiger partial charge is 0.222 e. The van der Waals surface area contributed by atoms with Crippen LogP contribution in [-0.4, -0.2) is 22.4 Å². The summed E-state index contributed by atoms with van der Waals surface area (Å²) in [5, 5.41) is 13.3. The van der Waals surface area contributed by atoms with Gasteiger partial charge in [-0.3, -0.25) is 4.79 Å². The van der Waals surface area contributed by atoms with Gasteiger partial charge in [0.1, 0.15) is 6.07 Å². The van der Waals surface area contributed by atoms with E-state index in [9.17, 15) is 10.1 Å². The molecule has 1 amide bonds. The zero-order valence-electron chi connectivity index (χ0n) is 16.1. The van der Waals surface area contributed by atoms with E-state index < -0.39 is 0 Å². The zero-order valence-corrected chi connectivity index (χ0v) is 16.8. The predicted molar refractivity (Wildman–Crippen MR) is 109 cm³/mol. The molecule has 28 heavy (non-hydrogen) atoms. The van der Waals surface area contributed by atoms with Crippen molar-refractivity contribution in [1.29, 1.82) is 5.26 Å². The molecule has 1 fully saturated rings. The largest absolute Gasteiger partial charge is 0.369 e. The molecule has 3 N–H and O–H groups in total. The third-order valence-electron chi connectivity index (χ3n) is 5.83. The van der Waals surface area contributed by atoms with Crippen molar-refractivity contribution in [3.8, 4) is 6.07 Å². The average Bonchev–Trinajstić information content (AvgIpc) is 2.64. The highest BCUT2D eigenvalue weighted by molar-refractivity contribution is 6.30. The summed E-state index contributed by atoms with van der Waals surface area (Å²) in [5.74, 6) is 0.374. The Hall–Kier alpha value is -2.65. The van der Waals surface area contributed by atoms with Gasteiger partial charge in [0.05, 0.1) is 17.5 Å². The molecule has 0 bridgehead atoms. The normalized spacial score (nSPS) is 20.1. The molecule has 6 nitrogen and oxygen atoms in total. The number of aromatic nitrogens is 2. The molecule has 1 aromatic heterocycles. The highest BCUT2D eigenvalue weighted by Crippen LogP contribution is 2.52. The minimum Gasteiger partial charge on any atom is -0.369 e. The van der Waals surface area contributed by atoms with Gasteiger partial charge in [-0.05, 0) is 48.3 Å². The Bertz CT molecular complexity index is 921. The van der Waals surface area contributed by atoms with E-state index >= 15 is 0 Å². The van der Waals surface area contributed by atoms with Crippen LogP contribution in [0, 0.1) is 28.6 Å². The number of rotatable bonds is 7. The number of nitrogens with two attached hydrogens (primary N) is 1. The highest BCUT2D eigenvalue weighted by Gasteiger charge is 2.50. The first-order valence-corrected chi connectivity index (χ1v) is 9.72. The molecule has 2 aromatic rings. The predicted octanol–water partition coefficient (Wildman–Crippen LogP) is 3.35. The fourth-order valence-corrected chi connectivity index (χ4v) is 4.05. The van der Waals surface area contributed by atoms with Gasteiger partial charge in [-0.2, -0.15) is 5.26 Å². The Kier molecular flexibility index (Phi) is 5.85. The van der Waals surface area contributed by atoms with Crippen LogP contribution in [-0.2, 0) is 17.6 Å². The van der Waals surface area contributed by atoms with Gasteiger partial charge in [0, 0.05) is 17.5 Å². The van der Waals surface area contributed by atoms with Gasteiger partial charge in [-0.1, -0.05) is 37.6 Å². The molecule has 0 aliphatic heterocycles. The van der Waals surface area contributed by atoms with E-state index in [1.165, 1.54) is 0 Å². The van der Waals surface area contributed by atoms with Crippen molar-refractivity contribution in [2.24, 2.45) is 23.0 Å². The SMILES string of the molecule is CC1(C)[C@@H](Cc2nc(NCCc3cccc(Cl)c3)ncc2C#N)C[C@H]1C(N)=O. The second kappa shape index (κ2) is 8.15. The first kappa shape index (κ1) is 20.1. The van der Waals surface area contributed by atoms with E-state index in [1.807, 2.05) is 38.1 Å². The second-order valence-electron chi connectivity index (χ2n) is 7.89. The Labute approximate surface area is 170 Å². The first-order chi connectivity index (χ1) is 13.3. The third-order valence-corrected chi connectivity index (χ3v) is 6.06. The van der Waals surface area contributed by atoms with Crippen molar-refractivity contribution >= 4 is 23.5 Å². The number of hydrogen-bond donors (Lipinski definition) is 2. The summed E-state index contributed by atoms with van der Waals surface area (Å²) in [4.78, 5) is 20.4. The molecule has 2 atom stereocenters. The lowest BCUT2D eigenvalue weighted by Crippen LogP contribution is -2.51. The van der Waals surface area contributed by atoms with Crippen LogP contribution < -0.4 is 11.1 Å². The second-order valence-corrected chi connectivity index (χ2v) is 8.32. The minimum atomic E-state index is -0.257. The molecule has 0 radical (unpaired) electrons. The summed E-state index contributed by atoms with van der Waals surface area (Å²) in [6.45, 7) is 4.76. The van der Waals surface area contributed by atoms with Crippen molar-refractivity contribution in [2.75, 3.05) is 11.9 Å². The third kappa shape index (κ3) is 4.26. The lowest BCUT2D eigenvalue weighted by atomic mass is 9.53. The van der Waals surface area contributed by atoms with Gasteiger partial charge in [0.25, 0.3) is 0 Å². The molecule has 1 heterocycles. The number of amides is 1. The van der Waals surface area contributed by atoms with Gasteiger partial charge in [0.15, 0.2) is 0 Å². The summed E-state index contributed by atoms with van der Waals surface area (Å²) in [6, 6.07) is 9.89. The number of nitrogens with one attached hydrogen (secondary N) is 1. The molecule has 3 rings (SSSR count). The van der Waals surface area contributed by atoms with Gasteiger partial charge in [-0.25, -0.2) is 9.97 Å². The number of hydrogen-bond acceptors (Lipinski definition) is 5. The summed E-state index contributed by atoms with van der Waals surface area (Å²) in [5.41, 5.74) is 7.61. The molecule has 0 unspecified atom stereocenters. The van der Waals surface area contributed by atoms with E-state index in [1.54, 1.807) is 6.20 Å². The van der Waals surface area contributed by atoms with Crippen LogP contribution in [0.1, 0.15) is 37.1 Å². The van der Waals surface area contributed by atoms with Gasteiger partial charge >= 0.3 is 0 Å². The number of benzene rings is 1. The van der Waals surface area contributed by atoms with Crippen molar-refractivity contribution in [3.63, 3.8) is 0 Å². The van der Waals surface area contributed by atoms with Crippen LogP contribution in [0.25, 0.3) is 0 Å². The molecule has 1 aliphatic rings. The first-order valence-electron chi connectivity index (χ1n) is 9.35. The van der Waals surface area contributed by atoms with Crippen molar-refractivity contribution in [2.45, 2.75) is 33.1 Å². The van der Waals surface area contributed by atoms with Crippen molar-refractivity contribution in [1.82, 2.24) is 9.97 Å². The summed E-state index contributed by atoms with van der Waals surface area (Å²) in [7, 11) is 0. The average molecular weight is 398 g/mol. The number of carbonyl (C=O) groups excluding carboxylic acids is 1. The number of nitrogens with zero attached hydrogens (tertiary/aromatic N) is 3. The van der Waals surface area contributed by atoms with E-state index in [2.05, 4.69) is 21.4 Å². The Morgan fingerprint density at radius 3 is 2.89 bits per heavy atom. The highest BCUT2D eigenvalue weighted by atomic mass is 35.5. The van der Waals surface area contributed by atoms with Crippen LogP contribution in [0.15, 0.2) is 30.5 Å². The summed E-state index contributed by atoms with van der Waals surface area (Å²) >= 11 is 6.01. The lowest BCUT2D eigenvalue weighted by Gasteiger charge is -2.50. The topological polar surface area (TPSA) is 105 Å². The van der Waals surface area contributed by atoms with E-state index in [0.717, 1.165) is 18.4 Å². The molecule has 0 spiro atoms. The van der Waals surface area contributed by atoms with Crippen LogP contribution in [0.5, 0.6) is 0 Å². The van der Waals surface area contributed by atoms with Crippen LogP contribution in [0.2, 0.25) is 5.02 Å². The molecule has 146 valence electrons. The zero-order chi connectivity index (χ0) is 20.3. The Balaban J connectivity index is 1.65. The molecule has 1 aromatic carbocycles. The molecular formula is C21H24ClN5O. The number of carbonyl (C=O) groups is 1. The number of primary amides is 1. The van der Waals surface area contributed by atoms with Crippen molar-refractivity contribution < 1.29 is 4.79 Å². The standard InChI is InChI=1S/C21H24ClN5O/c1-21(2)15(9-17(21)19(24)28)10-18-14(11-23)12-26-20(27-18)25-7-6-13-4-3-5-16(22)8-13/h3-5,8,12,15,17H,6-7,9-10H2,1-2H3,(H2,24,28)(H,25,26,27)/t15-,17+/m1/s1. The molecule has 7 heteroatoms. The summed E-state index contributed by atoms with van der Waals surface area (Å²) < 4.78 is 0. The van der Waals surface area contributed by atoms with Gasteiger partial charge in [-0.15, -0.1) is 0 Å². The van der Waals surface area contributed by atoms with Crippen LogP contribution >= 0.6 is 11.6 Å². The van der Waals surface area contributed by atoms with Gasteiger partial charge in [0.2, 0.25) is 11.9 Å². The quantitative estimate of drug-likeness (QED) is 0.745. The number of nitriles is 1. The number of anilines is 1. The van der Waals surface area contributed by atoms with Crippen LogP contribution in [0.4, 0.5) is 5.95 Å². The van der Waals surface area contributed by atoms with E-state index in [4.69, 9.17) is 17.3 Å². The number of halogens is 1. The van der Waals surface area contributed by atoms with Gasteiger partial charge < -0.3 is 11.1 Å². The molecule has 1 saturated carbocycles. The Morgan fingerprint density at radius 2 is 2.25 bits per heavy atom. The lowest BCUT2D eigenvalue weighted by molar-refractivity contribution is -0.137. The molecule has 1 aliphatic carbocycles. The van der Waals surface area contributed by atoms with Crippen molar-refractivity contribution in [3.05, 3.63) is 52.3 Å². The minimum absolute atomic E-state index is 0.125. The fourth-order valence-electron chi connectivity index (χ4n) is 3.84. The Morgan fingerprint density at radius 1 is 1.46 bits per heavy atom. The molecule has 0 saturated heterocycles. The van der Waals surface area contributed by atoms with E-state index in [-0.39, 0.29) is 23.2 Å². The fraction of sp³-hybridized carbons (Fsp3) is 0.429. The maximum absolute atomic E-state index is 11.6. The monoisotopic (exact) mass is 397 g/mol. The molecular weight excluding hydrogens is 374 g/mol. The maximum Gasteiger partial charge on any atom is 0.222 e.